The zero-order valence-electron chi connectivity index (χ0n) is 22.4. The zero-order valence-corrected chi connectivity index (χ0v) is 22.4. The molecule has 2 N–H and O–H groups in total. The molecule has 1 unspecified atom stereocenters. The summed E-state index contributed by atoms with van der Waals surface area (Å²) in [4.78, 5) is 23.3. The number of aromatic nitrogens is 2. The van der Waals surface area contributed by atoms with E-state index in [0.29, 0.717) is 58.8 Å². The number of nitrogens with zero attached hydrogens (tertiary/aromatic N) is 2. The molecule has 0 saturated carbocycles. The summed E-state index contributed by atoms with van der Waals surface area (Å²) in [6.07, 6.45) is 3.09. The zero-order chi connectivity index (χ0) is 27.5. The van der Waals surface area contributed by atoms with E-state index in [4.69, 9.17) is 9.72 Å². The van der Waals surface area contributed by atoms with Crippen LogP contribution in [0.15, 0.2) is 91.1 Å². The van der Waals surface area contributed by atoms with Gasteiger partial charge in [-0.25, -0.2) is 9.37 Å². The van der Waals surface area contributed by atoms with E-state index in [9.17, 15) is 4.79 Å². The van der Waals surface area contributed by atoms with Crippen LogP contribution in [0.5, 0.6) is 0 Å². The SMILES string of the molecule is CNC(=O)c1cnc(N(Cc2ccccc2)Cc2ccccc2)c2[nH]c(-c3cccc(C4CCCO4)c3F)cc12. The standard InChI is InChI=1S/C33H31FN4O2/c1-35-33(39)27-19-36-32(38(20-22-10-4-2-5-11-22)21-23-12-6-3-7-13-23)31-26(27)18-28(37-31)24-14-8-15-25(30(24)34)29-16-9-17-40-29/h2-8,10-15,18-19,29,37H,9,16-17,20-21H2,1H3,(H,35,39). The van der Waals surface area contributed by atoms with Crippen LogP contribution >= 0.6 is 0 Å². The smallest absolute Gasteiger partial charge is 0.253 e. The van der Waals surface area contributed by atoms with Crippen LogP contribution in [0, 0.1) is 5.82 Å². The maximum atomic E-state index is 15.9. The van der Waals surface area contributed by atoms with Gasteiger partial charge in [0.15, 0.2) is 5.82 Å². The van der Waals surface area contributed by atoms with Crippen LogP contribution in [0.4, 0.5) is 10.2 Å². The van der Waals surface area contributed by atoms with Gasteiger partial charge in [0.2, 0.25) is 0 Å². The van der Waals surface area contributed by atoms with Crippen molar-refractivity contribution in [1.29, 1.82) is 0 Å². The van der Waals surface area contributed by atoms with Crippen molar-refractivity contribution in [2.45, 2.75) is 32.0 Å². The molecule has 6 nitrogen and oxygen atoms in total. The molecule has 0 aliphatic carbocycles. The Hall–Kier alpha value is -4.49. The number of nitrogens with one attached hydrogen (secondary N) is 2. The van der Waals surface area contributed by atoms with E-state index in [2.05, 4.69) is 39.5 Å². The molecule has 1 atom stereocenters. The number of rotatable bonds is 8. The Morgan fingerprint density at radius 1 is 1.02 bits per heavy atom. The minimum absolute atomic E-state index is 0.241. The van der Waals surface area contributed by atoms with E-state index in [1.165, 1.54) is 0 Å². The number of fused-ring (bicyclic) bond motifs is 1. The van der Waals surface area contributed by atoms with Crippen LogP contribution in [-0.4, -0.2) is 29.5 Å². The highest BCUT2D eigenvalue weighted by Crippen LogP contribution is 2.37. The fourth-order valence-electron chi connectivity index (χ4n) is 5.45. The maximum Gasteiger partial charge on any atom is 0.253 e. The van der Waals surface area contributed by atoms with Crippen molar-refractivity contribution in [2.24, 2.45) is 0 Å². The highest BCUT2D eigenvalue weighted by atomic mass is 19.1. The lowest BCUT2D eigenvalue weighted by Gasteiger charge is -2.25. The van der Waals surface area contributed by atoms with Gasteiger partial charge in [0.25, 0.3) is 5.91 Å². The summed E-state index contributed by atoms with van der Waals surface area (Å²) in [6.45, 7) is 1.85. The topological polar surface area (TPSA) is 70.2 Å². The lowest BCUT2D eigenvalue weighted by molar-refractivity contribution is 0.0964. The highest BCUT2D eigenvalue weighted by molar-refractivity contribution is 6.09. The largest absolute Gasteiger partial charge is 0.373 e. The Bertz CT molecular complexity index is 1590. The Kier molecular flexibility index (Phi) is 7.29. The maximum absolute atomic E-state index is 15.9. The molecular weight excluding hydrogens is 503 g/mol. The summed E-state index contributed by atoms with van der Waals surface area (Å²) in [7, 11) is 1.59. The molecule has 40 heavy (non-hydrogen) atoms. The van der Waals surface area contributed by atoms with Crippen LogP contribution in [0.3, 0.4) is 0 Å². The van der Waals surface area contributed by atoms with Gasteiger partial charge in [-0.2, -0.15) is 0 Å². The average molecular weight is 535 g/mol. The van der Waals surface area contributed by atoms with Crippen molar-refractivity contribution in [3.05, 3.63) is 119 Å². The third kappa shape index (κ3) is 5.08. The molecule has 0 radical (unpaired) electrons. The van der Waals surface area contributed by atoms with E-state index >= 15 is 4.39 Å². The number of aromatic amines is 1. The molecule has 0 spiro atoms. The molecule has 1 aliphatic rings. The summed E-state index contributed by atoms with van der Waals surface area (Å²) in [6, 6.07) is 27.7. The van der Waals surface area contributed by atoms with E-state index in [-0.39, 0.29) is 17.8 Å². The van der Waals surface area contributed by atoms with Crippen molar-refractivity contribution in [3.8, 4) is 11.3 Å². The molecule has 0 bridgehead atoms. The van der Waals surface area contributed by atoms with E-state index in [1.54, 1.807) is 25.4 Å². The fraction of sp³-hybridized carbons (Fsp3) is 0.212. The molecule has 6 rings (SSSR count). The number of pyridine rings is 1. The molecule has 1 aliphatic heterocycles. The number of anilines is 1. The van der Waals surface area contributed by atoms with Gasteiger partial charge in [0, 0.05) is 55.1 Å². The van der Waals surface area contributed by atoms with Gasteiger partial charge in [-0.1, -0.05) is 72.8 Å². The predicted octanol–water partition coefficient (Wildman–Crippen LogP) is 6.79. The second-order valence-corrected chi connectivity index (χ2v) is 10.1. The fourth-order valence-corrected chi connectivity index (χ4v) is 5.45. The summed E-state index contributed by atoms with van der Waals surface area (Å²) >= 11 is 0. The molecule has 1 fully saturated rings. The van der Waals surface area contributed by atoms with Gasteiger partial charge in [0.1, 0.15) is 5.82 Å². The Balaban J connectivity index is 1.49. The third-order valence-corrected chi connectivity index (χ3v) is 7.45. The van der Waals surface area contributed by atoms with Crippen molar-refractivity contribution in [3.63, 3.8) is 0 Å². The molecule has 7 heteroatoms. The van der Waals surface area contributed by atoms with Crippen molar-refractivity contribution < 1.29 is 13.9 Å². The van der Waals surface area contributed by atoms with E-state index in [1.807, 2.05) is 48.5 Å². The third-order valence-electron chi connectivity index (χ3n) is 7.45. The second-order valence-electron chi connectivity index (χ2n) is 10.1. The monoisotopic (exact) mass is 534 g/mol. The van der Waals surface area contributed by atoms with Crippen LogP contribution in [0.1, 0.15) is 46.0 Å². The van der Waals surface area contributed by atoms with Crippen LogP contribution < -0.4 is 10.2 Å². The Morgan fingerprint density at radius 3 is 2.35 bits per heavy atom. The number of amides is 1. The van der Waals surface area contributed by atoms with Crippen molar-refractivity contribution in [1.82, 2.24) is 15.3 Å². The first kappa shape index (κ1) is 25.8. The summed E-state index contributed by atoms with van der Waals surface area (Å²) in [5.41, 5.74) is 4.97. The van der Waals surface area contributed by atoms with Crippen molar-refractivity contribution in [2.75, 3.05) is 18.6 Å². The quantitative estimate of drug-likeness (QED) is 0.230. The number of hydrogen-bond donors (Lipinski definition) is 2. The number of H-pyrrole nitrogens is 1. The lowest BCUT2D eigenvalue weighted by atomic mass is 10.0. The van der Waals surface area contributed by atoms with Gasteiger partial charge >= 0.3 is 0 Å². The van der Waals surface area contributed by atoms with Crippen LogP contribution in [0.25, 0.3) is 22.2 Å². The van der Waals surface area contributed by atoms with Crippen LogP contribution in [0.2, 0.25) is 0 Å². The Morgan fingerprint density at radius 2 is 1.73 bits per heavy atom. The summed E-state index contributed by atoms with van der Waals surface area (Å²) in [5.74, 6) is 0.139. The van der Waals surface area contributed by atoms with Crippen LogP contribution in [-0.2, 0) is 17.8 Å². The number of benzene rings is 3. The lowest BCUT2D eigenvalue weighted by Crippen LogP contribution is -2.24. The van der Waals surface area contributed by atoms with Crippen molar-refractivity contribution >= 4 is 22.6 Å². The number of halogens is 1. The molecule has 5 aromatic rings. The Labute approximate surface area is 232 Å². The van der Waals surface area contributed by atoms with Gasteiger partial charge in [-0.15, -0.1) is 0 Å². The minimum atomic E-state index is -0.303. The minimum Gasteiger partial charge on any atom is -0.373 e. The second kappa shape index (κ2) is 11.3. The predicted molar refractivity (Wildman–Crippen MR) is 156 cm³/mol. The number of carbonyl (C=O) groups is 1. The van der Waals surface area contributed by atoms with Gasteiger partial charge in [-0.3, -0.25) is 4.79 Å². The molecule has 1 amide bonds. The van der Waals surface area contributed by atoms with Gasteiger partial charge in [-0.05, 0) is 36.1 Å². The molecule has 202 valence electrons. The highest BCUT2D eigenvalue weighted by Gasteiger charge is 2.25. The average Bonchev–Trinajstić information content (AvgIpc) is 3.68. The molecule has 3 heterocycles. The van der Waals surface area contributed by atoms with Gasteiger partial charge < -0.3 is 19.9 Å². The molecule has 3 aromatic carbocycles. The number of carbonyl (C=O) groups excluding carboxylic acids is 1. The molecule has 2 aromatic heterocycles. The normalized spacial score (nSPS) is 14.9. The van der Waals surface area contributed by atoms with E-state index in [0.717, 1.165) is 24.0 Å². The summed E-state index contributed by atoms with van der Waals surface area (Å²) in [5, 5.41) is 3.40. The number of hydrogen-bond acceptors (Lipinski definition) is 4. The van der Waals surface area contributed by atoms with Gasteiger partial charge in [0.05, 0.1) is 17.2 Å². The first-order chi connectivity index (χ1) is 19.6. The molecular formula is C33H31FN4O2. The first-order valence-corrected chi connectivity index (χ1v) is 13.6. The molecule has 1 saturated heterocycles. The summed E-state index contributed by atoms with van der Waals surface area (Å²) < 4.78 is 21.7. The number of ether oxygens (including phenoxy) is 1. The van der Waals surface area contributed by atoms with E-state index < -0.39 is 0 Å². The first-order valence-electron chi connectivity index (χ1n) is 13.6.